The third-order valence-electron chi connectivity index (χ3n) is 6.73. The molecule has 5 aromatic rings. The van der Waals surface area contributed by atoms with Gasteiger partial charge < -0.3 is 15.4 Å². The summed E-state index contributed by atoms with van der Waals surface area (Å²) in [6, 6.07) is 25.2. The number of nitrogens with zero attached hydrogens (tertiary/aromatic N) is 2. The zero-order valence-electron chi connectivity index (χ0n) is 23.1. The minimum atomic E-state index is -4.47. The van der Waals surface area contributed by atoms with E-state index in [1.807, 2.05) is 37.3 Å². The summed E-state index contributed by atoms with van der Waals surface area (Å²) < 4.78 is 44.5. The van der Waals surface area contributed by atoms with Crippen molar-refractivity contribution in [2.75, 3.05) is 18.5 Å². The lowest BCUT2D eigenvalue weighted by Gasteiger charge is -2.19. The number of carbonyl (C=O) groups is 2. The largest absolute Gasteiger partial charge is 0.416 e. The summed E-state index contributed by atoms with van der Waals surface area (Å²) in [4.78, 5) is 35.0. The van der Waals surface area contributed by atoms with Crippen LogP contribution in [-0.2, 0) is 10.9 Å². The van der Waals surface area contributed by atoms with Gasteiger partial charge in [0.05, 0.1) is 35.0 Å². The van der Waals surface area contributed by atoms with E-state index >= 15 is 0 Å². The molecule has 0 aliphatic carbocycles. The van der Waals surface area contributed by atoms with Crippen molar-refractivity contribution in [3.05, 3.63) is 126 Å². The van der Waals surface area contributed by atoms with E-state index in [0.717, 1.165) is 17.7 Å². The molecule has 43 heavy (non-hydrogen) atoms. The van der Waals surface area contributed by atoms with Gasteiger partial charge in [0, 0.05) is 29.3 Å². The van der Waals surface area contributed by atoms with Gasteiger partial charge in [-0.15, -0.1) is 0 Å². The number of amides is 2. The topological polar surface area (TPSA) is 93.2 Å². The standard InChI is InChI=1S/C33H27F3N4O3/c1-2-43-20-28(21-7-4-3-5-8-21)39-31(41)24-12-16-27-23(19-24)13-17-29(38-27)40-32(42)26-9-6-18-37-30(26)22-10-14-25(15-11-22)33(34,35)36/h3-19,28H,2,20H2,1H3,(H,39,41)(H,38,40,42)/t28-/m1/s1. The van der Waals surface area contributed by atoms with Crippen LogP contribution < -0.4 is 10.6 Å². The normalized spacial score (nSPS) is 12.1. The third kappa shape index (κ3) is 7.04. The molecular weight excluding hydrogens is 557 g/mol. The first-order valence-corrected chi connectivity index (χ1v) is 13.5. The van der Waals surface area contributed by atoms with Crippen molar-refractivity contribution in [1.29, 1.82) is 0 Å². The summed E-state index contributed by atoms with van der Waals surface area (Å²) in [5.74, 6) is -0.523. The molecule has 5 rings (SSSR count). The van der Waals surface area contributed by atoms with Gasteiger partial charge in [0.2, 0.25) is 0 Å². The minimum absolute atomic E-state index is 0.177. The Kier molecular flexibility index (Phi) is 8.77. The summed E-state index contributed by atoms with van der Waals surface area (Å²) >= 11 is 0. The molecule has 3 aromatic carbocycles. The summed E-state index contributed by atoms with van der Waals surface area (Å²) in [5.41, 5.74) is 1.92. The summed E-state index contributed by atoms with van der Waals surface area (Å²) in [5, 5.41) is 6.46. The molecule has 0 saturated carbocycles. The van der Waals surface area contributed by atoms with Gasteiger partial charge in [0.25, 0.3) is 11.8 Å². The Morgan fingerprint density at radius 3 is 2.37 bits per heavy atom. The number of halogens is 3. The van der Waals surface area contributed by atoms with Gasteiger partial charge in [-0.2, -0.15) is 13.2 Å². The predicted molar refractivity (Wildman–Crippen MR) is 158 cm³/mol. The predicted octanol–water partition coefficient (Wildman–Crippen LogP) is 7.08. The zero-order valence-corrected chi connectivity index (χ0v) is 23.1. The van der Waals surface area contributed by atoms with Crippen LogP contribution in [-0.4, -0.2) is 35.0 Å². The van der Waals surface area contributed by atoms with Crippen LogP contribution in [0.5, 0.6) is 0 Å². The Morgan fingerprint density at radius 1 is 0.884 bits per heavy atom. The first-order valence-electron chi connectivity index (χ1n) is 13.5. The van der Waals surface area contributed by atoms with Crippen molar-refractivity contribution in [3.63, 3.8) is 0 Å². The van der Waals surface area contributed by atoms with Gasteiger partial charge in [0.15, 0.2) is 0 Å². The minimum Gasteiger partial charge on any atom is -0.379 e. The Labute approximate surface area is 245 Å². The van der Waals surface area contributed by atoms with Crippen molar-refractivity contribution < 1.29 is 27.5 Å². The van der Waals surface area contributed by atoms with E-state index < -0.39 is 17.6 Å². The van der Waals surface area contributed by atoms with Crippen LogP contribution in [0.3, 0.4) is 0 Å². The maximum absolute atomic E-state index is 13.2. The average molecular weight is 585 g/mol. The quantitative estimate of drug-likeness (QED) is 0.193. The first kappa shape index (κ1) is 29.4. The molecule has 2 aromatic heterocycles. The van der Waals surface area contributed by atoms with E-state index in [4.69, 9.17) is 4.74 Å². The number of fused-ring (bicyclic) bond motifs is 1. The second-order valence-electron chi connectivity index (χ2n) is 9.63. The number of benzene rings is 3. The van der Waals surface area contributed by atoms with Crippen molar-refractivity contribution in [2.24, 2.45) is 0 Å². The Hall–Kier alpha value is -5.09. The van der Waals surface area contributed by atoms with Crippen LogP contribution in [0.15, 0.2) is 103 Å². The summed E-state index contributed by atoms with van der Waals surface area (Å²) in [7, 11) is 0. The Balaban J connectivity index is 1.32. The highest BCUT2D eigenvalue weighted by Gasteiger charge is 2.30. The number of aromatic nitrogens is 2. The first-order chi connectivity index (χ1) is 20.7. The van der Waals surface area contributed by atoms with Crippen molar-refractivity contribution in [2.45, 2.75) is 19.1 Å². The molecule has 0 aliphatic heterocycles. The highest BCUT2D eigenvalue weighted by Crippen LogP contribution is 2.31. The fourth-order valence-electron chi connectivity index (χ4n) is 4.54. The SMILES string of the molecule is CCOC[C@@H](NC(=O)c1ccc2nc(NC(=O)c3cccnc3-c3ccc(C(F)(F)F)cc3)ccc2c1)c1ccccc1. The molecule has 2 N–H and O–H groups in total. The molecular formula is C33H27F3N4O3. The number of hydrogen-bond donors (Lipinski definition) is 2. The molecule has 0 radical (unpaired) electrons. The van der Waals surface area contributed by atoms with Gasteiger partial charge in [0.1, 0.15) is 5.82 Å². The van der Waals surface area contributed by atoms with Crippen molar-refractivity contribution >= 4 is 28.5 Å². The lowest BCUT2D eigenvalue weighted by Crippen LogP contribution is -2.31. The number of anilines is 1. The molecule has 2 heterocycles. The maximum Gasteiger partial charge on any atom is 0.416 e. The van der Waals surface area contributed by atoms with Gasteiger partial charge in [-0.1, -0.05) is 42.5 Å². The number of nitrogens with one attached hydrogen (secondary N) is 2. The number of alkyl halides is 3. The Bertz CT molecular complexity index is 1740. The molecule has 10 heteroatoms. The van der Waals surface area contributed by atoms with Crippen LogP contribution in [0.2, 0.25) is 0 Å². The number of carbonyl (C=O) groups excluding carboxylic acids is 2. The van der Waals surface area contributed by atoms with Gasteiger partial charge in [-0.05, 0) is 67.1 Å². The molecule has 0 spiro atoms. The molecule has 0 aliphatic rings. The molecule has 7 nitrogen and oxygen atoms in total. The lowest BCUT2D eigenvalue weighted by atomic mass is 10.0. The van der Waals surface area contributed by atoms with Gasteiger partial charge >= 0.3 is 6.18 Å². The zero-order chi connectivity index (χ0) is 30.4. The second kappa shape index (κ2) is 12.8. The van der Waals surface area contributed by atoms with Crippen molar-refractivity contribution in [1.82, 2.24) is 15.3 Å². The monoisotopic (exact) mass is 584 g/mol. The molecule has 1 atom stereocenters. The molecule has 2 amide bonds. The van der Waals surface area contributed by atoms with Crippen LogP contribution in [0.1, 0.15) is 44.8 Å². The number of pyridine rings is 2. The Morgan fingerprint density at radius 2 is 1.65 bits per heavy atom. The average Bonchev–Trinajstić information content (AvgIpc) is 3.02. The summed E-state index contributed by atoms with van der Waals surface area (Å²) in [6.45, 7) is 2.75. The highest BCUT2D eigenvalue weighted by molar-refractivity contribution is 6.08. The highest BCUT2D eigenvalue weighted by atomic mass is 19.4. The van der Waals surface area contributed by atoms with E-state index in [1.54, 1.807) is 36.4 Å². The fourth-order valence-corrected chi connectivity index (χ4v) is 4.54. The van der Waals surface area contributed by atoms with E-state index in [0.29, 0.717) is 35.2 Å². The van der Waals surface area contributed by atoms with Gasteiger partial charge in [-0.25, -0.2) is 4.98 Å². The second-order valence-corrected chi connectivity index (χ2v) is 9.63. The van der Waals surface area contributed by atoms with E-state index in [1.165, 1.54) is 24.4 Å². The van der Waals surface area contributed by atoms with Crippen LogP contribution in [0.4, 0.5) is 19.0 Å². The lowest BCUT2D eigenvalue weighted by molar-refractivity contribution is -0.137. The fraction of sp³-hybridized carbons (Fsp3) is 0.152. The van der Waals surface area contributed by atoms with E-state index in [9.17, 15) is 22.8 Å². The van der Waals surface area contributed by atoms with Crippen LogP contribution in [0, 0.1) is 0 Å². The van der Waals surface area contributed by atoms with E-state index in [-0.39, 0.29) is 29.0 Å². The maximum atomic E-state index is 13.2. The number of hydrogen-bond acceptors (Lipinski definition) is 5. The molecule has 0 unspecified atom stereocenters. The van der Waals surface area contributed by atoms with E-state index in [2.05, 4.69) is 20.6 Å². The van der Waals surface area contributed by atoms with Gasteiger partial charge in [-0.3, -0.25) is 14.6 Å². The molecule has 218 valence electrons. The molecule has 0 saturated heterocycles. The third-order valence-corrected chi connectivity index (χ3v) is 6.73. The number of rotatable bonds is 9. The van der Waals surface area contributed by atoms with Crippen molar-refractivity contribution in [3.8, 4) is 11.3 Å². The molecule has 0 fully saturated rings. The molecule has 0 bridgehead atoms. The van der Waals surface area contributed by atoms with Crippen LogP contribution in [0.25, 0.3) is 22.2 Å². The number of ether oxygens (including phenoxy) is 1. The smallest absolute Gasteiger partial charge is 0.379 e. The van der Waals surface area contributed by atoms with Crippen LogP contribution >= 0.6 is 0 Å². The summed E-state index contributed by atoms with van der Waals surface area (Å²) in [6.07, 6.45) is -3.01.